The number of carboxylic acids is 2. The van der Waals surface area contributed by atoms with Crippen molar-refractivity contribution in [3.05, 3.63) is 118 Å². The van der Waals surface area contributed by atoms with Crippen molar-refractivity contribution in [1.82, 2.24) is 20.4 Å². The summed E-state index contributed by atoms with van der Waals surface area (Å²) in [6.07, 6.45) is -24.3. The van der Waals surface area contributed by atoms with Crippen LogP contribution in [-0.2, 0) is 51.2 Å². The molecule has 0 aliphatic carbocycles. The zero-order valence-corrected chi connectivity index (χ0v) is 56.6. The van der Waals surface area contributed by atoms with E-state index in [9.17, 15) is 89.4 Å². The molecule has 2 unspecified atom stereocenters. The summed E-state index contributed by atoms with van der Waals surface area (Å²) in [5, 5.41) is 111. The van der Waals surface area contributed by atoms with E-state index in [0.717, 1.165) is 16.9 Å². The van der Waals surface area contributed by atoms with Crippen LogP contribution in [-0.4, -0.2) is 269 Å². The fourth-order valence-corrected chi connectivity index (χ4v) is 12.6. The van der Waals surface area contributed by atoms with Crippen molar-refractivity contribution >= 4 is 59.2 Å². The summed E-state index contributed by atoms with van der Waals surface area (Å²) in [5.41, 5.74) is 0.539. The number of nitrogens with zero attached hydrogens (tertiary/aromatic N) is 4. The van der Waals surface area contributed by atoms with Gasteiger partial charge in [-0.2, -0.15) is 0 Å². The van der Waals surface area contributed by atoms with E-state index in [0.29, 0.717) is 30.4 Å². The SMILES string of the molecule is C=C1C[C@H]2C(O)N(C(=O)OCc3ccc(O[C@@H]4O[C@H](C(=O)O)[C@@H](O)[C@H](O)[C@H]4O)c(C(=O)NCCOCNC)c3)c3cc(OCCCCCOc4cc5c(cc4OC)C(=O)N4CC(=C)C[C@H]4C(O)N5C(=O)OCc4ccc(O[C@@H]5O[C@H](C(=O)O)[C@@H](O)[C@H](O)[C@H]5O)c(C(=O)OC)c4)c(OC)cc3C(=O)N2C1. The molecule has 36 nitrogen and oxygen atoms in total. The number of aliphatic carboxylic acids is 2. The fourth-order valence-electron chi connectivity index (χ4n) is 12.6. The number of rotatable bonds is 27. The van der Waals surface area contributed by atoms with Gasteiger partial charge in [0.2, 0.25) is 12.6 Å². The number of nitrogens with one attached hydrogen (secondary N) is 2. The van der Waals surface area contributed by atoms with Gasteiger partial charge in [0, 0.05) is 31.8 Å². The van der Waals surface area contributed by atoms with Crippen LogP contribution in [0.15, 0.2) is 85.0 Å². The van der Waals surface area contributed by atoms with Gasteiger partial charge in [-0.15, -0.1) is 0 Å². The fraction of sp³-hybridized carbons (Fsp3) is 0.471. The molecule has 6 heterocycles. The lowest BCUT2D eigenvalue weighted by Crippen LogP contribution is -2.61. The summed E-state index contributed by atoms with van der Waals surface area (Å²) < 4.78 is 67.6. The minimum atomic E-state index is -2.03. The quantitative estimate of drug-likeness (QED) is 0.0124. The van der Waals surface area contributed by atoms with Crippen LogP contribution in [0.25, 0.3) is 0 Å². The average Bonchev–Trinajstić information content (AvgIpc) is 1.59. The maximum Gasteiger partial charge on any atom is 0.416 e. The maximum atomic E-state index is 14.6. The minimum absolute atomic E-state index is 0.0182. The predicted molar refractivity (Wildman–Crippen MR) is 352 cm³/mol. The Morgan fingerprint density at radius 1 is 0.548 bits per heavy atom. The molecule has 0 aromatic heterocycles. The predicted octanol–water partition coefficient (Wildman–Crippen LogP) is 0.0756. The molecule has 0 radical (unpaired) electrons. The minimum Gasteiger partial charge on any atom is -0.493 e. The molecule has 4 saturated heterocycles. The number of hydrogen-bond donors (Lipinski definition) is 12. The van der Waals surface area contributed by atoms with Crippen molar-refractivity contribution in [2.45, 2.75) is 131 Å². The molecule has 36 heteroatoms. The molecule has 6 aliphatic heterocycles. The highest BCUT2D eigenvalue weighted by atomic mass is 16.7. The van der Waals surface area contributed by atoms with E-state index in [2.05, 4.69) is 23.8 Å². The number of methoxy groups -OCH3 is 3. The van der Waals surface area contributed by atoms with E-state index in [1.54, 1.807) is 7.05 Å². The van der Waals surface area contributed by atoms with Crippen LogP contribution < -0.4 is 48.9 Å². The molecular weight excluding hydrogens is 1380 g/mol. The number of carboxylic acid groups (broad SMARTS) is 2. The molecular formula is C68H80N6O30. The van der Waals surface area contributed by atoms with Crippen LogP contribution in [0.1, 0.15) is 84.7 Å². The second-order valence-electron chi connectivity index (χ2n) is 24.9. The van der Waals surface area contributed by atoms with Gasteiger partial charge in [0.15, 0.2) is 47.7 Å². The second kappa shape index (κ2) is 33.2. The molecule has 4 aromatic carbocycles. The molecule has 104 heavy (non-hydrogen) atoms. The van der Waals surface area contributed by atoms with Crippen LogP contribution >= 0.6 is 0 Å². The number of benzene rings is 4. The van der Waals surface area contributed by atoms with Crippen LogP contribution in [0.2, 0.25) is 0 Å². The second-order valence-corrected chi connectivity index (χ2v) is 24.9. The number of esters is 1. The van der Waals surface area contributed by atoms with E-state index < -0.39 is 147 Å². The van der Waals surface area contributed by atoms with Gasteiger partial charge in [-0.3, -0.25) is 19.7 Å². The molecule has 0 saturated carbocycles. The summed E-state index contributed by atoms with van der Waals surface area (Å²) in [4.78, 5) is 113. The van der Waals surface area contributed by atoms with Crippen molar-refractivity contribution in [3.63, 3.8) is 0 Å². The number of carbonyl (C=O) groups is 8. The number of ether oxygens (including phenoxy) is 12. The molecule has 4 aromatic rings. The number of fused-ring (bicyclic) bond motifs is 4. The Kier molecular flexibility index (Phi) is 24.5. The molecule has 10 rings (SSSR count). The van der Waals surface area contributed by atoms with Gasteiger partial charge in [-0.1, -0.05) is 36.4 Å². The van der Waals surface area contributed by atoms with E-state index in [1.165, 1.54) is 84.7 Å². The lowest BCUT2D eigenvalue weighted by molar-refractivity contribution is -0.271. The molecule has 6 aliphatic rings. The largest absolute Gasteiger partial charge is 0.493 e. The first-order valence-corrected chi connectivity index (χ1v) is 32.7. The van der Waals surface area contributed by atoms with Crippen LogP contribution in [0.5, 0.6) is 34.5 Å². The summed E-state index contributed by atoms with van der Waals surface area (Å²) in [5.74, 6) is -6.60. The third kappa shape index (κ3) is 16.2. The van der Waals surface area contributed by atoms with Crippen LogP contribution in [0.3, 0.4) is 0 Å². The van der Waals surface area contributed by atoms with Crippen molar-refractivity contribution < 1.29 is 146 Å². The summed E-state index contributed by atoms with van der Waals surface area (Å²) in [7, 11) is 5.37. The van der Waals surface area contributed by atoms with E-state index >= 15 is 0 Å². The highest BCUT2D eigenvalue weighted by Gasteiger charge is 2.52. The summed E-state index contributed by atoms with van der Waals surface area (Å²) in [6.45, 7) is 7.22. The molecule has 0 spiro atoms. The highest BCUT2D eigenvalue weighted by molar-refractivity contribution is 6.07. The molecule has 14 atom stereocenters. The van der Waals surface area contributed by atoms with E-state index in [1.807, 2.05) is 0 Å². The Hall–Kier alpha value is -9.96. The Balaban J connectivity index is 0.818. The van der Waals surface area contributed by atoms with Gasteiger partial charge >= 0.3 is 30.1 Å². The first kappa shape index (κ1) is 76.7. The zero-order valence-electron chi connectivity index (χ0n) is 56.6. The Morgan fingerprint density at radius 3 is 1.41 bits per heavy atom. The number of carbonyl (C=O) groups excluding carboxylic acids is 6. The van der Waals surface area contributed by atoms with Crippen molar-refractivity contribution in [2.75, 3.05) is 84.4 Å². The Labute approximate surface area is 592 Å². The number of amides is 5. The Morgan fingerprint density at radius 2 is 0.990 bits per heavy atom. The zero-order chi connectivity index (χ0) is 75.1. The van der Waals surface area contributed by atoms with Crippen molar-refractivity contribution in [2.24, 2.45) is 0 Å². The molecule has 562 valence electrons. The lowest BCUT2D eigenvalue weighted by atomic mass is 9.99. The average molecular weight is 1460 g/mol. The number of aliphatic hydroxyl groups is 8. The van der Waals surface area contributed by atoms with E-state index in [-0.39, 0.29) is 138 Å². The Bertz CT molecular complexity index is 3930. The van der Waals surface area contributed by atoms with Crippen LogP contribution in [0.4, 0.5) is 21.0 Å². The van der Waals surface area contributed by atoms with Gasteiger partial charge in [-0.05, 0) is 86.7 Å². The first-order valence-electron chi connectivity index (χ1n) is 32.7. The molecule has 5 amide bonds. The smallest absolute Gasteiger partial charge is 0.416 e. The number of anilines is 2. The highest BCUT2D eigenvalue weighted by Crippen LogP contribution is 2.45. The third-order valence-corrected chi connectivity index (χ3v) is 17.9. The van der Waals surface area contributed by atoms with Gasteiger partial charge in [0.05, 0.1) is 88.0 Å². The van der Waals surface area contributed by atoms with Gasteiger partial charge in [0.25, 0.3) is 17.7 Å². The maximum absolute atomic E-state index is 14.6. The third-order valence-electron chi connectivity index (χ3n) is 17.9. The summed E-state index contributed by atoms with van der Waals surface area (Å²) >= 11 is 0. The van der Waals surface area contributed by atoms with E-state index in [4.69, 9.17) is 56.8 Å². The van der Waals surface area contributed by atoms with Gasteiger partial charge < -0.3 is 123 Å². The monoisotopic (exact) mass is 1460 g/mol. The van der Waals surface area contributed by atoms with Crippen LogP contribution in [0, 0.1) is 0 Å². The van der Waals surface area contributed by atoms with Crippen molar-refractivity contribution in [1.29, 1.82) is 0 Å². The summed E-state index contributed by atoms with van der Waals surface area (Å²) in [6, 6.07) is 11.0. The standard InChI is InChI=1S/C68H80N6O30/c1-31-18-41-60(84)73(67(91)99-28-33-10-12-43(37(20-33)57(81)70-14-17-96-30-69-3)101-65-53(79)49(75)51(77)55(103-65)62(86)87)39-24-47(45(93-4)22-35(39)58(82)71(41)26-31)97-15-8-7-9-16-98-48-25-40-36(23-46(48)94-5)59(83)72-27-32(2)19-42(72)61(85)74(40)68(92)100-29-34-11-13-44(38(21-34)64(90)95-6)102-66-54(80)50(76)52(78)56(104-66)63(88)89/h10-13,20-25,41-42,49-56,60-61,65-66,69,75-80,84-85H,1-2,7-9,14-19,26-30H2,3-6H3,(H,70,81)(H,86,87)(H,88,89)/t41-,42-,49-,50-,51-,52-,53+,54+,55-,56-,60?,61?,65+,66+/m0/s1. The lowest BCUT2D eigenvalue weighted by Gasteiger charge is -2.38. The van der Waals surface area contributed by atoms with Gasteiger partial charge in [0.1, 0.15) is 66.9 Å². The molecule has 12 N–H and O–H groups in total. The molecule has 0 bridgehead atoms. The van der Waals surface area contributed by atoms with Crippen molar-refractivity contribution in [3.8, 4) is 34.5 Å². The topological polar surface area (TPSA) is 487 Å². The first-order chi connectivity index (χ1) is 49.7. The van der Waals surface area contributed by atoms with Gasteiger partial charge in [-0.25, -0.2) is 33.8 Å². The number of hydrogen-bond acceptors (Lipinski definition) is 29. The molecule has 4 fully saturated rings. The normalized spacial score (nSPS) is 25.7. The number of unbranched alkanes of at least 4 members (excludes halogenated alkanes) is 2. The number of aliphatic hydroxyl groups excluding tert-OH is 8.